The number of benzene rings is 1. The van der Waals surface area contributed by atoms with E-state index in [9.17, 15) is 4.39 Å². The molecule has 1 aliphatic rings. The molecule has 0 spiro atoms. The van der Waals surface area contributed by atoms with Crippen molar-refractivity contribution in [2.24, 2.45) is 0 Å². The maximum atomic E-state index is 13.9. The van der Waals surface area contributed by atoms with Crippen LogP contribution in [0.25, 0.3) is 0 Å². The predicted molar refractivity (Wildman–Crippen MR) is 60.0 cm³/mol. The third kappa shape index (κ3) is 1.57. The van der Waals surface area contributed by atoms with Crippen molar-refractivity contribution in [1.29, 1.82) is 5.26 Å². The Kier molecular flexibility index (Phi) is 2.56. The zero-order chi connectivity index (χ0) is 11.1. The zero-order valence-corrected chi connectivity index (χ0v) is 10.1. The van der Waals surface area contributed by atoms with Crippen LogP contribution in [0.1, 0.15) is 30.4 Å². The lowest BCUT2D eigenvalue weighted by molar-refractivity contribution is 0.312. The molecule has 0 atom stereocenters. The van der Waals surface area contributed by atoms with E-state index in [4.69, 9.17) is 5.26 Å². The average molecular weight is 268 g/mol. The summed E-state index contributed by atoms with van der Waals surface area (Å²) in [6.45, 7) is 1.73. The maximum Gasteiger partial charge on any atom is 0.130 e. The molecule has 0 bridgehead atoms. The van der Waals surface area contributed by atoms with Crippen molar-refractivity contribution in [3.8, 4) is 6.07 Å². The van der Waals surface area contributed by atoms with Crippen LogP contribution in [-0.4, -0.2) is 0 Å². The number of halogens is 2. The van der Waals surface area contributed by atoms with Crippen LogP contribution in [0, 0.1) is 24.1 Å². The first-order valence-electron chi connectivity index (χ1n) is 4.96. The first-order valence-corrected chi connectivity index (χ1v) is 5.76. The summed E-state index contributed by atoms with van der Waals surface area (Å²) in [6, 6.07) is 5.75. The highest BCUT2D eigenvalue weighted by Gasteiger charge is 2.41. The lowest BCUT2D eigenvalue weighted by atomic mass is 9.65. The summed E-state index contributed by atoms with van der Waals surface area (Å²) < 4.78 is 14.8. The van der Waals surface area contributed by atoms with Crippen molar-refractivity contribution in [2.45, 2.75) is 31.6 Å². The van der Waals surface area contributed by atoms with Gasteiger partial charge in [0.2, 0.25) is 0 Å². The van der Waals surface area contributed by atoms with Gasteiger partial charge in [0.1, 0.15) is 5.82 Å². The highest BCUT2D eigenvalue weighted by Crippen LogP contribution is 2.45. The van der Waals surface area contributed by atoms with Gasteiger partial charge in [0, 0.05) is 10.0 Å². The molecule has 0 unspecified atom stereocenters. The number of nitrogens with zero attached hydrogens (tertiary/aromatic N) is 1. The minimum Gasteiger partial charge on any atom is -0.206 e. The lowest BCUT2D eigenvalue weighted by Crippen LogP contribution is -2.33. The molecular formula is C12H11BrFN. The molecule has 78 valence electrons. The standard InChI is InChI=1S/C12H11BrFN/c1-8-5-9(13)6-10(11(8)14)12(7-15)3-2-4-12/h5-6H,2-4H2,1H3. The van der Waals surface area contributed by atoms with Crippen LogP contribution in [0.5, 0.6) is 0 Å². The fourth-order valence-corrected chi connectivity index (χ4v) is 2.62. The van der Waals surface area contributed by atoms with Crippen LogP contribution in [0.4, 0.5) is 4.39 Å². The van der Waals surface area contributed by atoms with E-state index in [0.29, 0.717) is 11.1 Å². The Bertz CT molecular complexity index is 444. The van der Waals surface area contributed by atoms with Crippen molar-refractivity contribution in [3.05, 3.63) is 33.5 Å². The van der Waals surface area contributed by atoms with Gasteiger partial charge in [0.15, 0.2) is 0 Å². The Labute approximate surface area is 97.0 Å². The van der Waals surface area contributed by atoms with E-state index in [1.807, 2.05) is 0 Å². The first-order chi connectivity index (χ1) is 7.09. The van der Waals surface area contributed by atoms with E-state index in [2.05, 4.69) is 22.0 Å². The van der Waals surface area contributed by atoms with Gasteiger partial charge < -0.3 is 0 Å². The summed E-state index contributed by atoms with van der Waals surface area (Å²) in [4.78, 5) is 0. The van der Waals surface area contributed by atoms with Gasteiger partial charge >= 0.3 is 0 Å². The van der Waals surface area contributed by atoms with Gasteiger partial charge in [-0.05, 0) is 43.9 Å². The molecule has 0 N–H and O–H groups in total. The minimum atomic E-state index is -0.571. The van der Waals surface area contributed by atoms with Crippen LogP contribution < -0.4 is 0 Å². The summed E-state index contributed by atoms with van der Waals surface area (Å²) in [5, 5.41) is 9.16. The number of hydrogen-bond donors (Lipinski definition) is 0. The normalized spacial score (nSPS) is 18.0. The molecule has 0 aliphatic heterocycles. The quantitative estimate of drug-likeness (QED) is 0.759. The monoisotopic (exact) mass is 267 g/mol. The Morgan fingerprint density at radius 3 is 2.60 bits per heavy atom. The highest BCUT2D eigenvalue weighted by molar-refractivity contribution is 9.10. The second-order valence-corrected chi connectivity index (χ2v) is 5.05. The topological polar surface area (TPSA) is 23.8 Å². The van der Waals surface area contributed by atoms with Crippen LogP contribution >= 0.6 is 15.9 Å². The average Bonchev–Trinajstić information content (AvgIpc) is 2.12. The number of rotatable bonds is 1. The largest absolute Gasteiger partial charge is 0.206 e. The molecule has 1 saturated carbocycles. The van der Waals surface area contributed by atoms with Gasteiger partial charge in [-0.1, -0.05) is 15.9 Å². The summed E-state index contributed by atoms with van der Waals surface area (Å²) in [7, 11) is 0. The molecule has 0 saturated heterocycles. The van der Waals surface area contributed by atoms with Gasteiger partial charge in [0.25, 0.3) is 0 Å². The molecule has 2 rings (SSSR count). The van der Waals surface area contributed by atoms with Gasteiger partial charge in [-0.3, -0.25) is 0 Å². The summed E-state index contributed by atoms with van der Waals surface area (Å²) >= 11 is 3.35. The van der Waals surface area contributed by atoms with Gasteiger partial charge in [-0.2, -0.15) is 5.26 Å². The second kappa shape index (κ2) is 3.61. The van der Waals surface area contributed by atoms with E-state index in [-0.39, 0.29) is 5.82 Å². The van der Waals surface area contributed by atoms with Crippen LogP contribution in [0.15, 0.2) is 16.6 Å². The fourth-order valence-electron chi connectivity index (χ4n) is 2.05. The third-order valence-electron chi connectivity index (χ3n) is 3.16. The molecule has 0 radical (unpaired) electrons. The maximum absolute atomic E-state index is 13.9. The molecule has 0 heterocycles. The van der Waals surface area contributed by atoms with Crippen LogP contribution in [0.3, 0.4) is 0 Å². The van der Waals surface area contributed by atoms with Crippen molar-refractivity contribution < 1.29 is 4.39 Å². The minimum absolute atomic E-state index is 0.223. The van der Waals surface area contributed by atoms with E-state index in [1.165, 1.54) is 0 Å². The number of aryl methyl sites for hydroxylation is 1. The molecule has 0 amide bonds. The summed E-state index contributed by atoms with van der Waals surface area (Å²) in [5.74, 6) is -0.223. The fraction of sp³-hybridized carbons (Fsp3) is 0.417. The van der Waals surface area contributed by atoms with Crippen LogP contribution in [0.2, 0.25) is 0 Å². The van der Waals surface area contributed by atoms with E-state index < -0.39 is 5.41 Å². The molecule has 1 aromatic rings. The van der Waals surface area contributed by atoms with Crippen molar-refractivity contribution in [3.63, 3.8) is 0 Å². The third-order valence-corrected chi connectivity index (χ3v) is 3.61. The molecule has 1 aromatic carbocycles. The Morgan fingerprint density at radius 2 is 2.13 bits per heavy atom. The SMILES string of the molecule is Cc1cc(Br)cc(C2(C#N)CCC2)c1F. The molecule has 1 aliphatic carbocycles. The molecule has 1 fully saturated rings. The molecular weight excluding hydrogens is 257 g/mol. The van der Waals surface area contributed by atoms with E-state index in [1.54, 1.807) is 19.1 Å². The number of hydrogen-bond acceptors (Lipinski definition) is 1. The van der Waals surface area contributed by atoms with Gasteiger partial charge in [-0.25, -0.2) is 4.39 Å². The highest BCUT2D eigenvalue weighted by atomic mass is 79.9. The Hall–Kier alpha value is -0.880. The van der Waals surface area contributed by atoms with Gasteiger partial charge in [-0.15, -0.1) is 0 Å². The smallest absolute Gasteiger partial charge is 0.130 e. The Morgan fingerprint density at radius 1 is 1.47 bits per heavy atom. The molecule has 1 nitrogen and oxygen atoms in total. The lowest BCUT2D eigenvalue weighted by Gasteiger charge is -2.36. The summed E-state index contributed by atoms with van der Waals surface area (Å²) in [6.07, 6.45) is 2.56. The summed E-state index contributed by atoms with van der Waals surface area (Å²) in [5.41, 5.74) is 0.586. The van der Waals surface area contributed by atoms with E-state index >= 15 is 0 Å². The van der Waals surface area contributed by atoms with E-state index in [0.717, 1.165) is 23.7 Å². The Balaban J connectivity index is 2.57. The first kappa shape index (κ1) is 10.6. The molecule has 15 heavy (non-hydrogen) atoms. The molecule has 3 heteroatoms. The molecule has 0 aromatic heterocycles. The van der Waals surface area contributed by atoms with Gasteiger partial charge in [0.05, 0.1) is 11.5 Å². The van der Waals surface area contributed by atoms with Crippen molar-refractivity contribution >= 4 is 15.9 Å². The van der Waals surface area contributed by atoms with Crippen LogP contribution in [-0.2, 0) is 5.41 Å². The van der Waals surface area contributed by atoms with Crippen molar-refractivity contribution in [2.75, 3.05) is 0 Å². The predicted octanol–water partition coefficient (Wildman–Crippen LogP) is 3.84. The number of nitriles is 1. The second-order valence-electron chi connectivity index (χ2n) is 4.13. The van der Waals surface area contributed by atoms with Crippen molar-refractivity contribution in [1.82, 2.24) is 0 Å². The zero-order valence-electron chi connectivity index (χ0n) is 8.48.